The van der Waals surface area contributed by atoms with E-state index in [1.54, 1.807) is 11.9 Å². The van der Waals surface area contributed by atoms with Crippen LogP contribution in [0.25, 0.3) is 11.3 Å². The first-order valence-corrected chi connectivity index (χ1v) is 8.31. The van der Waals surface area contributed by atoms with Gasteiger partial charge in [0.2, 0.25) is 5.91 Å². The maximum atomic E-state index is 12.2. The van der Waals surface area contributed by atoms with Crippen molar-refractivity contribution in [3.8, 4) is 11.3 Å². The van der Waals surface area contributed by atoms with Crippen molar-refractivity contribution in [2.24, 2.45) is 0 Å². The number of aryl methyl sites for hydroxylation is 1. The van der Waals surface area contributed by atoms with Crippen molar-refractivity contribution in [2.75, 3.05) is 20.1 Å². The molecule has 24 heavy (non-hydrogen) atoms. The zero-order valence-corrected chi connectivity index (χ0v) is 13.8. The van der Waals surface area contributed by atoms with Crippen molar-refractivity contribution >= 4 is 5.91 Å². The lowest BCUT2D eigenvalue weighted by Gasteiger charge is -2.20. The Morgan fingerprint density at radius 3 is 2.92 bits per heavy atom. The molecule has 2 heterocycles. The Kier molecular flexibility index (Phi) is 5.27. The van der Waals surface area contributed by atoms with Gasteiger partial charge >= 0.3 is 0 Å². The highest BCUT2D eigenvalue weighted by atomic mass is 16.5. The Balaban J connectivity index is 1.46. The van der Waals surface area contributed by atoms with E-state index in [1.807, 2.05) is 36.4 Å². The van der Waals surface area contributed by atoms with Gasteiger partial charge in [-0.1, -0.05) is 35.5 Å². The van der Waals surface area contributed by atoms with Gasteiger partial charge in [0.25, 0.3) is 0 Å². The second kappa shape index (κ2) is 7.59. The molecule has 0 radical (unpaired) electrons. The summed E-state index contributed by atoms with van der Waals surface area (Å²) >= 11 is 0. The third-order valence-electron chi connectivity index (χ3n) is 4.33. The van der Waals surface area contributed by atoms with Gasteiger partial charge in [0.1, 0.15) is 11.5 Å². The third kappa shape index (κ3) is 4.01. The summed E-state index contributed by atoms with van der Waals surface area (Å²) in [4.78, 5) is 14.0. The molecule has 0 unspecified atom stereocenters. The number of aromatic nitrogens is 1. The SMILES string of the molecule is CN(CCCc1cc(-c2ccccc2)no1)C(=O)[C@@H]1C[C@H](O)CN1. The predicted octanol–water partition coefficient (Wildman–Crippen LogP) is 1.46. The number of aliphatic hydroxyl groups excluding tert-OH is 1. The van der Waals surface area contributed by atoms with Gasteiger partial charge < -0.3 is 19.8 Å². The fraction of sp³-hybridized carbons (Fsp3) is 0.444. The molecule has 6 nitrogen and oxygen atoms in total. The molecule has 1 amide bonds. The minimum Gasteiger partial charge on any atom is -0.392 e. The summed E-state index contributed by atoms with van der Waals surface area (Å²) in [5.41, 5.74) is 1.87. The summed E-state index contributed by atoms with van der Waals surface area (Å²) in [6.45, 7) is 1.14. The summed E-state index contributed by atoms with van der Waals surface area (Å²) in [5, 5.41) is 16.6. The van der Waals surface area contributed by atoms with Gasteiger partial charge in [-0.15, -0.1) is 0 Å². The van der Waals surface area contributed by atoms with Crippen LogP contribution in [0.2, 0.25) is 0 Å². The minimum atomic E-state index is -0.419. The molecule has 2 atom stereocenters. The van der Waals surface area contributed by atoms with Gasteiger partial charge in [0.05, 0.1) is 12.1 Å². The van der Waals surface area contributed by atoms with E-state index in [0.29, 0.717) is 19.5 Å². The second-order valence-corrected chi connectivity index (χ2v) is 6.26. The molecule has 1 aliphatic heterocycles. The van der Waals surface area contributed by atoms with Gasteiger partial charge in [0.15, 0.2) is 0 Å². The van der Waals surface area contributed by atoms with Crippen LogP contribution < -0.4 is 5.32 Å². The number of likely N-dealkylation sites (N-methyl/N-ethyl adjacent to an activating group) is 1. The van der Waals surface area contributed by atoms with Gasteiger partial charge in [0, 0.05) is 38.2 Å². The Labute approximate surface area is 141 Å². The van der Waals surface area contributed by atoms with E-state index < -0.39 is 6.10 Å². The Morgan fingerprint density at radius 1 is 1.42 bits per heavy atom. The van der Waals surface area contributed by atoms with Crippen LogP contribution in [0.4, 0.5) is 0 Å². The highest BCUT2D eigenvalue weighted by molar-refractivity contribution is 5.82. The Hall–Kier alpha value is -2.18. The number of benzene rings is 1. The van der Waals surface area contributed by atoms with Crippen LogP contribution in [0.15, 0.2) is 40.9 Å². The number of nitrogens with zero attached hydrogens (tertiary/aromatic N) is 2. The van der Waals surface area contributed by atoms with Crippen molar-refractivity contribution in [3.63, 3.8) is 0 Å². The Morgan fingerprint density at radius 2 is 2.21 bits per heavy atom. The molecule has 1 saturated heterocycles. The number of amides is 1. The van der Waals surface area contributed by atoms with Crippen molar-refractivity contribution in [1.29, 1.82) is 0 Å². The molecule has 1 fully saturated rings. The predicted molar refractivity (Wildman–Crippen MR) is 90.3 cm³/mol. The molecule has 6 heteroatoms. The summed E-state index contributed by atoms with van der Waals surface area (Å²) in [6, 6.07) is 11.6. The molecular weight excluding hydrogens is 306 g/mol. The average Bonchev–Trinajstić information content (AvgIpc) is 3.24. The fourth-order valence-corrected chi connectivity index (χ4v) is 2.95. The van der Waals surface area contributed by atoms with Crippen LogP contribution in [0.3, 0.4) is 0 Å². The lowest BCUT2D eigenvalue weighted by molar-refractivity contribution is -0.132. The lowest BCUT2D eigenvalue weighted by atomic mass is 10.1. The third-order valence-corrected chi connectivity index (χ3v) is 4.33. The maximum Gasteiger partial charge on any atom is 0.239 e. The Bertz CT molecular complexity index is 671. The number of rotatable bonds is 6. The number of carbonyl (C=O) groups is 1. The summed E-state index contributed by atoms with van der Waals surface area (Å²) in [5.74, 6) is 0.859. The van der Waals surface area contributed by atoms with Gasteiger partial charge in [-0.2, -0.15) is 0 Å². The molecule has 1 aromatic heterocycles. The van der Waals surface area contributed by atoms with E-state index in [1.165, 1.54) is 0 Å². The first kappa shape index (κ1) is 16.7. The zero-order valence-electron chi connectivity index (χ0n) is 13.8. The summed E-state index contributed by atoms with van der Waals surface area (Å²) < 4.78 is 5.38. The van der Waals surface area contributed by atoms with Gasteiger partial charge in [-0.3, -0.25) is 4.79 Å². The van der Waals surface area contributed by atoms with Crippen molar-refractivity contribution in [2.45, 2.75) is 31.4 Å². The molecule has 3 rings (SSSR count). The molecule has 1 aromatic carbocycles. The highest BCUT2D eigenvalue weighted by Gasteiger charge is 2.29. The van der Waals surface area contributed by atoms with E-state index in [4.69, 9.17) is 4.52 Å². The van der Waals surface area contributed by atoms with Crippen molar-refractivity contribution in [1.82, 2.24) is 15.4 Å². The molecule has 2 N–H and O–H groups in total. The molecule has 0 bridgehead atoms. The van der Waals surface area contributed by atoms with E-state index >= 15 is 0 Å². The number of nitrogens with one attached hydrogen (secondary N) is 1. The average molecular weight is 329 g/mol. The topological polar surface area (TPSA) is 78.6 Å². The van der Waals surface area contributed by atoms with Gasteiger partial charge in [-0.25, -0.2) is 0 Å². The zero-order chi connectivity index (χ0) is 16.9. The van der Waals surface area contributed by atoms with Crippen LogP contribution in [-0.4, -0.2) is 53.4 Å². The quantitative estimate of drug-likeness (QED) is 0.839. The first-order valence-electron chi connectivity index (χ1n) is 8.31. The molecule has 2 aromatic rings. The maximum absolute atomic E-state index is 12.2. The normalized spacial score (nSPS) is 20.2. The molecule has 0 spiro atoms. The standard InChI is InChI=1S/C18H23N3O3/c1-21(18(23)17-10-14(22)12-19-17)9-5-8-15-11-16(20-24-15)13-6-3-2-4-7-13/h2-4,6-7,11,14,17,19,22H,5,8-10,12H2,1H3/t14-,17-/m0/s1. The summed E-state index contributed by atoms with van der Waals surface area (Å²) in [6.07, 6.45) is 1.61. The number of aliphatic hydroxyl groups is 1. The van der Waals surface area contributed by atoms with Crippen LogP contribution in [0.1, 0.15) is 18.6 Å². The van der Waals surface area contributed by atoms with E-state index in [0.717, 1.165) is 29.9 Å². The first-order chi connectivity index (χ1) is 11.6. The fourth-order valence-electron chi connectivity index (χ4n) is 2.95. The van der Waals surface area contributed by atoms with E-state index in [2.05, 4.69) is 10.5 Å². The molecule has 128 valence electrons. The van der Waals surface area contributed by atoms with Crippen molar-refractivity contribution in [3.05, 3.63) is 42.2 Å². The number of hydrogen-bond donors (Lipinski definition) is 2. The van der Waals surface area contributed by atoms with Crippen LogP contribution >= 0.6 is 0 Å². The van der Waals surface area contributed by atoms with Crippen LogP contribution in [0.5, 0.6) is 0 Å². The molecule has 0 aliphatic carbocycles. The van der Waals surface area contributed by atoms with Crippen LogP contribution in [-0.2, 0) is 11.2 Å². The smallest absolute Gasteiger partial charge is 0.239 e. The van der Waals surface area contributed by atoms with Gasteiger partial charge in [-0.05, 0) is 12.8 Å². The number of carbonyl (C=O) groups excluding carboxylic acids is 1. The largest absolute Gasteiger partial charge is 0.392 e. The highest BCUT2D eigenvalue weighted by Crippen LogP contribution is 2.19. The molecular formula is C18H23N3O3. The summed E-state index contributed by atoms with van der Waals surface area (Å²) in [7, 11) is 1.80. The van der Waals surface area contributed by atoms with Crippen LogP contribution in [0, 0.1) is 0 Å². The number of β-amino-alcohol motifs (C(OH)–C–C–N with tert-alkyl or cyclic N) is 1. The number of hydrogen-bond acceptors (Lipinski definition) is 5. The molecule has 1 aliphatic rings. The molecule has 0 saturated carbocycles. The van der Waals surface area contributed by atoms with E-state index in [-0.39, 0.29) is 11.9 Å². The minimum absolute atomic E-state index is 0.0362. The van der Waals surface area contributed by atoms with Crippen molar-refractivity contribution < 1.29 is 14.4 Å². The monoisotopic (exact) mass is 329 g/mol. The van der Waals surface area contributed by atoms with E-state index in [9.17, 15) is 9.90 Å². The lowest BCUT2D eigenvalue weighted by Crippen LogP contribution is -2.42. The second-order valence-electron chi connectivity index (χ2n) is 6.26.